The fraction of sp³-hybridized carbons (Fsp3) is 0. The van der Waals surface area contributed by atoms with Crippen molar-refractivity contribution < 1.29 is 14.3 Å². The number of ether oxygens (including phenoxy) is 1. The zero-order valence-electron chi connectivity index (χ0n) is 8.85. The van der Waals surface area contributed by atoms with E-state index in [1.165, 1.54) is 11.3 Å². The number of rotatable bonds is 3. The van der Waals surface area contributed by atoms with Gasteiger partial charge in [0.25, 0.3) is 0 Å². The summed E-state index contributed by atoms with van der Waals surface area (Å²) >= 11 is 5.47. The molecule has 0 aliphatic carbocycles. The van der Waals surface area contributed by atoms with Crippen molar-refractivity contribution in [1.82, 2.24) is 0 Å². The number of carbonyl (C=O) groups excluding carboxylic acids is 2. The van der Waals surface area contributed by atoms with E-state index in [9.17, 15) is 9.59 Å². The lowest BCUT2D eigenvalue weighted by atomic mass is 10.2. The molecule has 0 fully saturated rings. The Morgan fingerprint density at radius 1 is 1.33 bits per heavy atom. The fourth-order valence-electron chi connectivity index (χ4n) is 1.31. The third kappa shape index (κ3) is 3.09. The van der Waals surface area contributed by atoms with Gasteiger partial charge >= 0.3 is 5.97 Å². The number of esters is 1. The first-order valence-electron chi connectivity index (χ1n) is 4.81. The molecule has 3 nitrogen and oxygen atoms in total. The molecule has 0 aliphatic rings. The maximum atomic E-state index is 11.8. The van der Waals surface area contributed by atoms with Crippen LogP contribution in [0.3, 0.4) is 0 Å². The molecule has 0 N–H and O–H groups in total. The first-order valence-corrected chi connectivity index (χ1v) is 7.85. The summed E-state index contributed by atoms with van der Waals surface area (Å²) in [6.45, 7) is 0. The fourth-order valence-corrected chi connectivity index (χ4v) is 3.91. The van der Waals surface area contributed by atoms with E-state index in [0.29, 0.717) is 22.5 Å². The number of thiophene rings is 1. The second-order valence-corrected chi connectivity index (χ2v) is 6.65. The van der Waals surface area contributed by atoms with Gasteiger partial charge in [-0.05, 0) is 68.8 Å². The van der Waals surface area contributed by atoms with E-state index in [1.807, 2.05) is 28.7 Å². The van der Waals surface area contributed by atoms with E-state index in [2.05, 4.69) is 22.6 Å². The normalized spacial score (nSPS) is 10.1. The van der Waals surface area contributed by atoms with Gasteiger partial charge in [0, 0.05) is 3.57 Å². The topological polar surface area (TPSA) is 43.4 Å². The lowest BCUT2D eigenvalue weighted by molar-refractivity contribution is 0.0737. The van der Waals surface area contributed by atoms with Gasteiger partial charge in [0.05, 0.1) is 9.13 Å². The average molecular weight is 484 g/mol. The van der Waals surface area contributed by atoms with Crippen LogP contribution in [0.2, 0.25) is 0 Å². The largest absolute Gasteiger partial charge is 0.420 e. The van der Waals surface area contributed by atoms with Crippen LogP contribution in [0, 0.1) is 7.14 Å². The van der Waals surface area contributed by atoms with Crippen molar-refractivity contribution >= 4 is 68.8 Å². The van der Waals surface area contributed by atoms with Crippen LogP contribution < -0.4 is 4.74 Å². The van der Waals surface area contributed by atoms with Crippen molar-refractivity contribution in [3.8, 4) is 5.75 Å². The van der Waals surface area contributed by atoms with Gasteiger partial charge in [-0.25, -0.2) is 4.79 Å². The molecule has 1 aromatic carbocycles. The molecule has 0 radical (unpaired) electrons. The molecule has 2 rings (SSSR count). The van der Waals surface area contributed by atoms with Gasteiger partial charge in [-0.2, -0.15) is 0 Å². The summed E-state index contributed by atoms with van der Waals surface area (Å²) in [5, 5.41) is 1.80. The molecule has 0 unspecified atom stereocenters. The number of hydrogen-bond acceptors (Lipinski definition) is 4. The van der Waals surface area contributed by atoms with Crippen LogP contribution in [0.25, 0.3) is 0 Å². The van der Waals surface area contributed by atoms with E-state index < -0.39 is 5.97 Å². The Balaban J connectivity index is 2.34. The highest BCUT2D eigenvalue weighted by atomic mass is 127. The Hall–Kier alpha value is -0.480. The number of carbonyl (C=O) groups is 2. The molecule has 0 saturated heterocycles. The van der Waals surface area contributed by atoms with Gasteiger partial charge in [-0.15, -0.1) is 11.3 Å². The summed E-state index contributed by atoms with van der Waals surface area (Å²) < 4.78 is 6.96. The van der Waals surface area contributed by atoms with E-state index >= 15 is 0 Å². The molecule has 0 amide bonds. The van der Waals surface area contributed by atoms with Crippen molar-refractivity contribution in [2.24, 2.45) is 0 Å². The molecule has 1 aromatic heterocycles. The first-order chi connectivity index (χ1) is 8.61. The smallest absolute Gasteiger partial charge is 0.353 e. The second kappa shape index (κ2) is 6.11. The second-order valence-electron chi connectivity index (χ2n) is 3.29. The minimum absolute atomic E-state index is 0.324. The number of benzene rings is 1. The molecule has 0 bridgehead atoms. The zero-order chi connectivity index (χ0) is 13.1. The molecule has 2 aromatic rings. The van der Waals surface area contributed by atoms with Crippen LogP contribution in [0.5, 0.6) is 5.75 Å². The number of halogens is 2. The van der Waals surface area contributed by atoms with Crippen molar-refractivity contribution in [3.63, 3.8) is 0 Å². The Kier molecular flexibility index (Phi) is 4.73. The van der Waals surface area contributed by atoms with Gasteiger partial charge in [0.1, 0.15) is 4.88 Å². The Bertz CT molecular complexity index is 594. The van der Waals surface area contributed by atoms with E-state index in [0.717, 1.165) is 7.14 Å². The van der Waals surface area contributed by atoms with Gasteiger partial charge in [-0.1, -0.05) is 6.07 Å². The summed E-state index contributed by atoms with van der Waals surface area (Å²) in [6.07, 6.45) is 0.696. The van der Waals surface area contributed by atoms with Crippen molar-refractivity contribution in [2.45, 2.75) is 0 Å². The Morgan fingerprint density at radius 3 is 2.72 bits per heavy atom. The first kappa shape index (κ1) is 13.9. The molecule has 18 heavy (non-hydrogen) atoms. The predicted octanol–water partition coefficient (Wildman–Crippen LogP) is 3.99. The van der Waals surface area contributed by atoms with E-state index in [1.54, 1.807) is 23.6 Å². The third-order valence-corrected chi connectivity index (χ3v) is 4.36. The Labute approximate surface area is 135 Å². The maximum Gasteiger partial charge on any atom is 0.353 e. The highest BCUT2D eigenvalue weighted by Crippen LogP contribution is 2.28. The van der Waals surface area contributed by atoms with Gasteiger partial charge in [0.15, 0.2) is 12.0 Å². The Morgan fingerprint density at radius 2 is 2.11 bits per heavy atom. The lowest BCUT2D eigenvalue weighted by Crippen LogP contribution is -2.09. The summed E-state index contributed by atoms with van der Waals surface area (Å²) in [6, 6.07) is 7.01. The molecule has 92 valence electrons. The van der Waals surface area contributed by atoms with Crippen LogP contribution in [0.1, 0.15) is 20.0 Å². The standard InChI is InChI=1S/C12H6I2O3S/c13-8-4-7(6-15)11(9(14)5-8)17-12(16)10-2-1-3-18-10/h1-6H. The zero-order valence-corrected chi connectivity index (χ0v) is 14.0. The van der Waals surface area contributed by atoms with Crippen LogP contribution in [-0.2, 0) is 0 Å². The van der Waals surface area contributed by atoms with Gasteiger partial charge in [0.2, 0.25) is 0 Å². The summed E-state index contributed by atoms with van der Waals surface area (Å²) in [4.78, 5) is 23.4. The lowest BCUT2D eigenvalue weighted by Gasteiger charge is -2.08. The van der Waals surface area contributed by atoms with Gasteiger partial charge < -0.3 is 4.74 Å². The molecule has 0 atom stereocenters. The minimum atomic E-state index is -0.438. The minimum Gasteiger partial charge on any atom is -0.420 e. The summed E-state index contributed by atoms with van der Waals surface area (Å²) in [5.74, 6) is -0.114. The van der Waals surface area contributed by atoms with Crippen LogP contribution in [0.4, 0.5) is 0 Å². The molecular weight excluding hydrogens is 478 g/mol. The predicted molar refractivity (Wildman–Crippen MR) is 86.5 cm³/mol. The van der Waals surface area contributed by atoms with Crippen LogP contribution >= 0.6 is 56.5 Å². The molecule has 0 saturated carbocycles. The van der Waals surface area contributed by atoms with Crippen molar-refractivity contribution in [3.05, 3.63) is 47.2 Å². The van der Waals surface area contributed by atoms with Gasteiger partial charge in [-0.3, -0.25) is 4.79 Å². The summed E-state index contributed by atoms with van der Waals surface area (Å²) in [7, 11) is 0. The van der Waals surface area contributed by atoms with Crippen LogP contribution in [-0.4, -0.2) is 12.3 Å². The SMILES string of the molecule is O=Cc1cc(I)cc(I)c1OC(=O)c1cccs1. The molecule has 0 spiro atoms. The van der Waals surface area contributed by atoms with Crippen molar-refractivity contribution in [2.75, 3.05) is 0 Å². The monoisotopic (exact) mass is 484 g/mol. The molecular formula is C12H6I2O3S. The molecule has 6 heteroatoms. The van der Waals surface area contributed by atoms with E-state index in [4.69, 9.17) is 4.74 Å². The summed E-state index contributed by atoms with van der Waals surface area (Å²) in [5.41, 5.74) is 0.385. The maximum absolute atomic E-state index is 11.8. The molecule has 0 aliphatic heterocycles. The third-order valence-electron chi connectivity index (χ3n) is 2.08. The van der Waals surface area contributed by atoms with Crippen LogP contribution in [0.15, 0.2) is 29.6 Å². The van der Waals surface area contributed by atoms with E-state index in [-0.39, 0.29) is 0 Å². The number of hydrogen-bond donors (Lipinski definition) is 0. The quantitative estimate of drug-likeness (QED) is 0.287. The highest BCUT2D eigenvalue weighted by molar-refractivity contribution is 14.1. The van der Waals surface area contributed by atoms with Crippen molar-refractivity contribution in [1.29, 1.82) is 0 Å². The average Bonchev–Trinajstić information content (AvgIpc) is 2.85. The number of aldehydes is 1. The highest BCUT2D eigenvalue weighted by Gasteiger charge is 2.16. The molecule has 1 heterocycles.